The van der Waals surface area contributed by atoms with Gasteiger partial charge in [0.05, 0.1) is 10.5 Å². The molecule has 0 aromatic heterocycles. The van der Waals surface area contributed by atoms with Crippen molar-refractivity contribution >= 4 is 31.9 Å². The fourth-order valence-electron chi connectivity index (χ4n) is 1.35. The standard InChI is InChI=1S/C12H14BrNO4S/c1-7(2)6-14-19(17,18)10-5-9(12(15)16)4-8(3)11(10)13/h4-5,14H,1,6H2,2-3H3,(H,15,16). The van der Waals surface area contributed by atoms with E-state index in [-0.39, 0.29) is 17.0 Å². The second-order valence-corrected chi connectivity index (χ2v) is 6.72. The molecule has 0 spiro atoms. The number of halogens is 1. The van der Waals surface area contributed by atoms with Crippen molar-refractivity contribution in [3.05, 3.63) is 39.9 Å². The first-order chi connectivity index (χ1) is 8.65. The van der Waals surface area contributed by atoms with Crippen LogP contribution >= 0.6 is 15.9 Å². The van der Waals surface area contributed by atoms with E-state index in [1.165, 1.54) is 6.07 Å². The fraction of sp³-hybridized carbons (Fsp3) is 0.250. The summed E-state index contributed by atoms with van der Waals surface area (Å²) >= 11 is 3.17. The zero-order chi connectivity index (χ0) is 14.8. The number of carboxylic acids is 1. The molecule has 0 heterocycles. The molecule has 1 aromatic rings. The van der Waals surface area contributed by atoms with Crippen molar-refractivity contribution in [1.82, 2.24) is 4.72 Å². The first-order valence-electron chi connectivity index (χ1n) is 5.32. The summed E-state index contributed by atoms with van der Waals surface area (Å²) in [5, 5.41) is 8.96. The lowest BCUT2D eigenvalue weighted by atomic mass is 10.1. The molecule has 0 aliphatic carbocycles. The van der Waals surface area contributed by atoms with E-state index >= 15 is 0 Å². The Bertz CT molecular complexity index is 637. The topological polar surface area (TPSA) is 83.5 Å². The van der Waals surface area contributed by atoms with E-state index in [1.807, 2.05) is 0 Å². The van der Waals surface area contributed by atoms with Crippen molar-refractivity contribution in [2.24, 2.45) is 0 Å². The molecule has 104 valence electrons. The molecule has 0 amide bonds. The van der Waals surface area contributed by atoms with Crippen LogP contribution in [0.4, 0.5) is 0 Å². The number of carbonyl (C=O) groups is 1. The zero-order valence-electron chi connectivity index (χ0n) is 10.5. The second kappa shape index (κ2) is 5.85. The molecule has 0 atom stereocenters. The van der Waals surface area contributed by atoms with Crippen LogP contribution in [-0.2, 0) is 10.0 Å². The van der Waals surface area contributed by atoms with Gasteiger partial charge in [0.2, 0.25) is 10.0 Å². The maximum Gasteiger partial charge on any atom is 0.335 e. The van der Waals surface area contributed by atoms with Gasteiger partial charge >= 0.3 is 5.97 Å². The van der Waals surface area contributed by atoms with Gasteiger partial charge in [-0.2, -0.15) is 0 Å². The Morgan fingerprint density at radius 3 is 2.53 bits per heavy atom. The molecule has 2 N–H and O–H groups in total. The van der Waals surface area contributed by atoms with Gasteiger partial charge in [-0.15, -0.1) is 0 Å². The first kappa shape index (κ1) is 15.9. The van der Waals surface area contributed by atoms with Crippen LogP contribution in [0.25, 0.3) is 0 Å². The van der Waals surface area contributed by atoms with E-state index in [4.69, 9.17) is 5.11 Å². The average Bonchev–Trinajstić information content (AvgIpc) is 2.29. The highest BCUT2D eigenvalue weighted by atomic mass is 79.9. The van der Waals surface area contributed by atoms with Gasteiger partial charge in [-0.1, -0.05) is 12.2 Å². The number of aryl methyl sites for hydroxylation is 1. The van der Waals surface area contributed by atoms with Gasteiger partial charge in [0, 0.05) is 11.0 Å². The summed E-state index contributed by atoms with van der Waals surface area (Å²) in [6.07, 6.45) is 0. The molecule has 0 saturated heterocycles. The highest BCUT2D eigenvalue weighted by molar-refractivity contribution is 9.10. The van der Waals surface area contributed by atoms with Crippen LogP contribution in [0.3, 0.4) is 0 Å². The van der Waals surface area contributed by atoms with Crippen LogP contribution in [-0.4, -0.2) is 26.0 Å². The molecule has 0 aliphatic heterocycles. The van der Waals surface area contributed by atoms with Crippen molar-refractivity contribution in [2.75, 3.05) is 6.54 Å². The van der Waals surface area contributed by atoms with Crippen molar-refractivity contribution in [1.29, 1.82) is 0 Å². The predicted octanol–water partition coefficient (Wildman–Crippen LogP) is 2.31. The lowest BCUT2D eigenvalue weighted by Gasteiger charge is -2.11. The van der Waals surface area contributed by atoms with Gasteiger partial charge < -0.3 is 5.11 Å². The highest BCUT2D eigenvalue weighted by Crippen LogP contribution is 2.27. The third-order valence-corrected chi connectivity index (χ3v) is 5.06. The minimum Gasteiger partial charge on any atom is -0.478 e. The summed E-state index contributed by atoms with van der Waals surface area (Å²) in [6.45, 7) is 7.03. The number of carboxylic acid groups (broad SMARTS) is 1. The molecular weight excluding hydrogens is 334 g/mol. The van der Waals surface area contributed by atoms with E-state index in [9.17, 15) is 13.2 Å². The van der Waals surface area contributed by atoms with Crippen LogP contribution < -0.4 is 4.72 Å². The molecule has 5 nitrogen and oxygen atoms in total. The maximum atomic E-state index is 12.1. The van der Waals surface area contributed by atoms with Gasteiger partial charge in [0.25, 0.3) is 0 Å². The molecule has 0 bridgehead atoms. The Labute approximate surface area is 120 Å². The highest BCUT2D eigenvalue weighted by Gasteiger charge is 2.21. The molecular formula is C12H14BrNO4S. The summed E-state index contributed by atoms with van der Waals surface area (Å²) in [4.78, 5) is 10.9. The minimum absolute atomic E-state index is 0.0728. The number of aromatic carboxylic acids is 1. The smallest absolute Gasteiger partial charge is 0.335 e. The molecule has 0 unspecified atom stereocenters. The van der Waals surface area contributed by atoms with E-state index in [2.05, 4.69) is 27.2 Å². The third-order valence-electron chi connectivity index (χ3n) is 2.32. The molecule has 1 rings (SSSR count). The number of sulfonamides is 1. The zero-order valence-corrected chi connectivity index (χ0v) is 12.9. The fourth-order valence-corrected chi connectivity index (χ4v) is 3.49. The van der Waals surface area contributed by atoms with Crippen molar-refractivity contribution in [3.63, 3.8) is 0 Å². The Morgan fingerprint density at radius 2 is 2.05 bits per heavy atom. The lowest BCUT2D eigenvalue weighted by Crippen LogP contribution is -2.26. The van der Waals surface area contributed by atoms with Gasteiger partial charge in [-0.05, 0) is 47.5 Å². The summed E-state index contributed by atoms with van der Waals surface area (Å²) in [7, 11) is -3.79. The SMILES string of the molecule is C=C(C)CNS(=O)(=O)c1cc(C(=O)O)cc(C)c1Br. The van der Waals surface area contributed by atoms with Gasteiger partial charge in [0.1, 0.15) is 0 Å². The van der Waals surface area contributed by atoms with E-state index in [0.717, 1.165) is 6.07 Å². The summed E-state index contributed by atoms with van der Waals surface area (Å²) < 4.78 is 26.9. The van der Waals surface area contributed by atoms with E-state index in [0.29, 0.717) is 15.6 Å². The molecule has 1 aromatic carbocycles. The second-order valence-electron chi connectivity index (χ2n) is 4.19. The van der Waals surface area contributed by atoms with Gasteiger partial charge in [-0.25, -0.2) is 17.9 Å². The number of nitrogens with one attached hydrogen (secondary N) is 1. The lowest BCUT2D eigenvalue weighted by molar-refractivity contribution is 0.0696. The van der Waals surface area contributed by atoms with Crippen LogP contribution in [0.1, 0.15) is 22.8 Å². The number of benzene rings is 1. The van der Waals surface area contributed by atoms with Crippen LogP contribution in [0.15, 0.2) is 33.7 Å². The molecule has 0 fully saturated rings. The van der Waals surface area contributed by atoms with E-state index < -0.39 is 16.0 Å². The summed E-state index contributed by atoms with van der Waals surface area (Å²) in [6, 6.07) is 2.53. The van der Waals surface area contributed by atoms with Gasteiger partial charge in [-0.3, -0.25) is 0 Å². The Kier molecular flexibility index (Phi) is 4.89. The number of hydrogen-bond donors (Lipinski definition) is 2. The Hall–Kier alpha value is -1.18. The normalized spacial score (nSPS) is 11.3. The Morgan fingerprint density at radius 1 is 1.47 bits per heavy atom. The molecule has 0 saturated carbocycles. The summed E-state index contributed by atoms with van der Waals surface area (Å²) in [5.74, 6) is -1.17. The predicted molar refractivity (Wildman–Crippen MR) is 75.8 cm³/mol. The largest absolute Gasteiger partial charge is 0.478 e. The van der Waals surface area contributed by atoms with Crippen LogP contribution in [0, 0.1) is 6.92 Å². The number of rotatable bonds is 5. The number of hydrogen-bond acceptors (Lipinski definition) is 3. The van der Waals surface area contributed by atoms with Crippen LogP contribution in [0.2, 0.25) is 0 Å². The average molecular weight is 348 g/mol. The summed E-state index contributed by atoms with van der Waals surface area (Å²) in [5.41, 5.74) is 1.12. The molecule has 7 heteroatoms. The quantitative estimate of drug-likeness (QED) is 0.800. The Balaban J connectivity index is 3.33. The van der Waals surface area contributed by atoms with Crippen molar-refractivity contribution < 1.29 is 18.3 Å². The van der Waals surface area contributed by atoms with E-state index in [1.54, 1.807) is 13.8 Å². The third kappa shape index (κ3) is 3.89. The monoisotopic (exact) mass is 347 g/mol. The molecule has 19 heavy (non-hydrogen) atoms. The maximum absolute atomic E-state index is 12.1. The molecule has 0 radical (unpaired) electrons. The first-order valence-corrected chi connectivity index (χ1v) is 7.60. The van der Waals surface area contributed by atoms with Crippen molar-refractivity contribution in [2.45, 2.75) is 18.7 Å². The van der Waals surface area contributed by atoms with Crippen LogP contribution in [0.5, 0.6) is 0 Å². The van der Waals surface area contributed by atoms with Gasteiger partial charge in [0.15, 0.2) is 0 Å². The minimum atomic E-state index is -3.79. The van der Waals surface area contributed by atoms with Crippen molar-refractivity contribution in [3.8, 4) is 0 Å². The molecule has 0 aliphatic rings.